The van der Waals surface area contributed by atoms with Crippen molar-refractivity contribution in [2.24, 2.45) is 5.92 Å². The molecule has 0 spiro atoms. The number of imidazole rings is 1. The number of nitrogens with zero attached hydrogens (tertiary/aromatic N) is 2. The third-order valence-electron chi connectivity index (χ3n) is 3.35. The number of nitrogens with one attached hydrogen (secondary N) is 1. The Morgan fingerprint density at radius 2 is 2.10 bits per heavy atom. The Labute approximate surface area is 120 Å². The molecule has 0 saturated heterocycles. The van der Waals surface area contributed by atoms with Gasteiger partial charge in [0.1, 0.15) is 5.82 Å². The second-order valence-electron chi connectivity index (χ2n) is 5.36. The number of fused-ring (bicyclic) bond motifs is 1. The maximum atomic E-state index is 11.6. The molecule has 0 aliphatic heterocycles. The molecular formula is C16H23N3O. The molecule has 1 aromatic carbocycles. The molecule has 4 nitrogen and oxygen atoms in total. The maximum absolute atomic E-state index is 11.6. The number of benzene rings is 1. The smallest absolute Gasteiger partial charge is 0.222 e. The fourth-order valence-corrected chi connectivity index (χ4v) is 2.29. The summed E-state index contributed by atoms with van der Waals surface area (Å²) in [5.74, 6) is 1.18. The number of rotatable bonds is 6. The van der Waals surface area contributed by atoms with E-state index in [2.05, 4.69) is 27.9 Å². The number of carbonyl (C=O) groups is 1. The third-order valence-corrected chi connectivity index (χ3v) is 3.35. The highest BCUT2D eigenvalue weighted by Crippen LogP contribution is 2.16. The van der Waals surface area contributed by atoms with Crippen LogP contribution in [0, 0.1) is 5.92 Å². The first kappa shape index (κ1) is 14.6. The first-order valence-electron chi connectivity index (χ1n) is 7.35. The highest BCUT2D eigenvalue weighted by Gasteiger charge is 2.11. The van der Waals surface area contributed by atoms with Gasteiger partial charge < -0.3 is 9.88 Å². The van der Waals surface area contributed by atoms with Crippen molar-refractivity contribution in [1.82, 2.24) is 14.9 Å². The minimum atomic E-state index is 0.0319. The van der Waals surface area contributed by atoms with Gasteiger partial charge in [0.25, 0.3) is 0 Å². The summed E-state index contributed by atoms with van der Waals surface area (Å²) in [7, 11) is 0. The molecule has 1 amide bonds. The van der Waals surface area contributed by atoms with E-state index in [-0.39, 0.29) is 11.8 Å². The predicted octanol–water partition coefficient (Wildman–Crippen LogP) is 2.76. The molecule has 0 bridgehead atoms. The lowest BCUT2D eigenvalue weighted by Crippen LogP contribution is -2.30. The van der Waals surface area contributed by atoms with Crippen LogP contribution in [0.15, 0.2) is 24.3 Å². The Morgan fingerprint density at radius 3 is 2.80 bits per heavy atom. The molecule has 0 aliphatic rings. The summed E-state index contributed by atoms with van der Waals surface area (Å²) in [6, 6.07) is 8.20. The van der Waals surface area contributed by atoms with Crippen LogP contribution in [0.2, 0.25) is 0 Å². The zero-order valence-corrected chi connectivity index (χ0v) is 12.5. The highest BCUT2D eigenvalue weighted by atomic mass is 16.1. The van der Waals surface area contributed by atoms with Crippen LogP contribution in [0.25, 0.3) is 11.0 Å². The van der Waals surface area contributed by atoms with E-state index in [0.29, 0.717) is 6.54 Å². The van der Waals surface area contributed by atoms with Gasteiger partial charge in [-0.1, -0.05) is 32.9 Å². The standard InChI is InChI=1S/C16H23N3O/c1-4-11-19-14-8-6-5-7-13(14)18-15(19)9-10-17-16(20)12(2)3/h5-8,12H,4,9-11H2,1-3H3,(H,17,20). The Bertz CT molecular complexity index is 586. The Hall–Kier alpha value is -1.84. The van der Waals surface area contributed by atoms with E-state index in [1.807, 2.05) is 32.0 Å². The highest BCUT2D eigenvalue weighted by molar-refractivity contribution is 5.78. The monoisotopic (exact) mass is 273 g/mol. The van der Waals surface area contributed by atoms with E-state index >= 15 is 0 Å². The van der Waals surface area contributed by atoms with Gasteiger partial charge in [-0.3, -0.25) is 4.79 Å². The van der Waals surface area contributed by atoms with E-state index in [0.717, 1.165) is 30.7 Å². The van der Waals surface area contributed by atoms with Gasteiger partial charge in [-0.2, -0.15) is 0 Å². The van der Waals surface area contributed by atoms with Crippen molar-refractivity contribution in [1.29, 1.82) is 0 Å². The molecule has 2 rings (SSSR count). The van der Waals surface area contributed by atoms with Crippen LogP contribution in [-0.4, -0.2) is 22.0 Å². The van der Waals surface area contributed by atoms with Gasteiger partial charge in [0, 0.05) is 25.4 Å². The second kappa shape index (κ2) is 6.55. The van der Waals surface area contributed by atoms with E-state index in [1.54, 1.807) is 0 Å². The normalized spacial score (nSPS) is 11.2. The number of amides is 1. The van der Waals surface area contributed by atoms with Crippen molar-refractivity contribution in [2.45, 2.75) is 40.2 Å². The first-order valence-corrected chi connectivity index (χ1v) is 7.35. The average molecular weight is 273 g/mol. The number of aromatic nitrogens is 2. The quantitative estimate of drug-likeness (QED) is 0.879. The van der Waals surface area contributed by atoms with Gasteiger partial charge in [-0.25, -0.2) is 4.98 Å². The Kier molecular flexibility index (Phi) is 4.77. The number of aryl methyl sites for hydroxylation is 1. The van der Waals surface area contributed by atoms with Crippen molar-refractivity contribution in [2.75, 3.05) is 6.54 Å². The largest absolute Gasteiger partial charge is 0.355 e. The average Bonchev–Trinajstić information content (AvgIpc) is 2.77. The molecule has 108 valence electrons. The topological polar surface area (TPSA) is 46.9 Å². The molecule has 20 heavy (non-hydrogen) atoms. The zero-order valence-electron chi connectivity index (χ0n) is 12.5. The van der Waals surface area contributed by atoms with E-state index in [4.69, 9.17) is 0 Å². The van der Waals surface area contributed by atoms with Crippen molar-refractivity contribution in [3.8, 4) is 0 Å². The minimum absolute atomic E-state index is 0.0319. The summed E-state index contributed by atoms with van der Waals surface area (Å²) >= 11 is 0. The summed E-state index contributed by atoms with van der Waals surface area (Å²) in [5.41, 5.74) is 2.21. The molecule has 0 fully saturated rings. The number of hydrogen-bond donors (Lipinski definition) is 1. The van der Waals surface area contributed by atoms with Gasteiger partial charge in [-0.15, -0.1) is 0 Å². The van der Waals surface area contributed by atoms with Gasteiger partial charge in [0.05, 0.1) is 11.0 Å². The van der Waals surface area contributed by atoms with Crippen LogP contribution >= 0.6 is 0 Å². The summed E-state index contributed by atoms with van der Waals surface area (Å²) in [6.07, 6.45) is 1.85. The molecule has 2 aromatic rings. The molecule has 0 unspecified atom stereocenters. The van der Waals surface area contributed by atoms with E-state index in [1.165, 1.54) is 5.52 Å². The lowest BCUT2D eigenvalue weighted by molar-refractivity contribution is -0.123. The Balaban J connectivity index is 2.12. The third kappa shape index (κ3) is 3.18. The lowest BCUT2D eigenvalue weighted by Gasteiger charge is -2.09. The summed E-state index contributed by atoms with van der Waals surface area (Å²) in [5, 5.41) is 2.95. The van der Waals surface area contributed by atoms with Crippen molar-refractivity contribution >= 4 is 16.9 Å². The molecule has 0 radical (unpaired) electrons. The minimum Gasteiger partial charge on any atom is -0.355 e. The summed E-state index contributed by atoms with van der Waals surface area (Å²) in [6.45, 7) is 7.58. The molecule has 0 aliphatic carbocycles. The predicted molar refractivity (Wildman–Crippen MR) is 81.6 cm³/mol. The van der Waals surface area contributed by atoms with Gasteiger partial charge in [0.2, 0.25) is 5.91 Å². The summed E-state index contributed by atoms with van der Waals surface area (Å²) in [4.78, 5) is 16.3. The van der Waals surface area contributed by atoms with Crippen LogP contribution in [0.4, 0.5) is 0 Å². The first-order chi connectivity index (χ1) is 9.63. The number of carbonyl (C=O) groups excluding carboxylic acids is 1. The lowest BCUT2D eigenvalue weighted by atomic mass is 10.2. The van der Waals surface area contributed by atoms with E-state index in [9.17, 15) is 4.79 Å². The fraction of sp³-hybridized carbons (Fsp3) is 0.500. The van der Waals surface area contributed by atoms with Crippen LogP contribution in [0.1, 0.15) is 33.0 Å². The molecule has 1 heterocycles. The number of hydrogen-bond acceptors (Lipinski definition) is 2. The molecule has 0 saturated carbocycles. The van der Waals surface area contributed by atoms with Crippen molar-refractivity contribution in [3.63, 3.8) is 0 Å². The van der Waals surface area contributed by atoms with Gasteiger partial charge in [0.15, 0.2) is 0 Å². The Morgan fingerprint density at radius 1 is 1.35 bits per heavy atom. The summed E-state index contributed by atoms with van der Waals surface area (Å²) < 4.78 is 2.26. The molecule has 4 heteroatoms. The van der Waals surface area contributed by atoms with Gasteiger partial charge >= 0.3 is 0 Å². The zero-order chi connectivity index (χ0) is 14.5. The van der Waals surface area contributed by atoms with Gasteiger partial charge in [-0.05, 0) is 18.6 Å². The second-order valence-corrected chi connectivity index (χ2v) is 5.36. The molecular weight excluding hydrogens is 250 g/mol. The van der Waals surface area contributed by atoms with E-state index < -0.39 is 0 Å². The maximum Gasteiger partial charge on any atom is 0.222 e. The van der Waals surface area contributed by atoms with Crippen LogP contribution in [-0.2, 0) is 17.8 Å². The van der Waals surface area contributed by atoms with Crippen molar-refractivity contribution in [3.05, 3.63) is 30.1 Å². The van der Waals surface area contributed by atoms with Crippen molar-refractivity contribution < 1.29 is 4.79 Å². The van der Waals surface area contributed by atoms with Crippen LogP contribution in [0.5, 0.6) is 0 Å². The number of para-hydroxylation sites is 2. The molecule has 0 atom stereocenters. The SMILES string of the molecule is CCCn1c(CCNC(=O)C(C)C)nc2ccccc21. The molecule has 1 aromatic heterocycles. The molecule has 1 N–H and O–H groups in total. The fourth-order valence-electron chi connectivity index (χ4n) is 2.29. The van der Waals surface area contributed by atoms with Crippen LogP contribution in [0.3, 0.4) is 0 Å². The van der Waals surface area contributed by atoms with Crippen LogP contribution < -0.4 is 5.32 Å².